The van der Waals surface area contributed by atoms with E-state index in [4.69, 9.17) is 5.11 Å². The summed E-state index contributed by atoms with van der Waals surface area (Å²) in [5.41, 5.74) is 0.670. The van der Waals surface area contributed by atoms with Crippen LogP contribution in [-0.2, 0) is 16.6 Å². The molecule has 2 fully saturated rings. The van der Waals surface area contributed by atoms with Gasteiger partial charge in [0.1, 0.15) is 4.21 Å². The van der Waals surface area contributed by atoms with Crippen molar-refractivity contribution in [1.29, 1.82) is 0 Å². The Hall–Kier alpha value is -0.470. The van der Waals surface area contributed by atoms with E-state index in [1.807, 2.05) is 0 Å². The Kier molecular flexibility index (Phi) is 3.65. The predicted octanol–water partition coefficient (Wildman–Crippen LogP) is 0.709. The average molecular weight is 302 g/mol. The zero-order chi connectivity index (χ0) is 13.5. The van der Waals surface area contributed by atoms with Crippen molar-refractivity contribution < 1.29 is 13.5 Å². The Bertz CT molecular complexity index is 555. The molecule has 2 saturated heterocycles. The highest BCUT2D eigenvalue weighted by atomic mass is 32.2. The minimum atomic E-state index is -3.38. The molecule has 19 heavy (non-hydrogen) atoms. The number of aliphatic hydroxyl groups excluding tert-OH is 1. The van der Waals surface area contributed by atoms with Crippen molar-refractivity contribution in [3.8, 4) is 0 Å². The molecule has 1 aromatic heterocycles. The zero-order valence-electron chi connectivity index (χ0n) is 10.7. The summed E-state index contributed by atoms with van der Waals surface area (Å²) in [5.74, 6) is 0. The van der Waals surface area contributed by atoms with Crippen LogP contribution in [0.3, 0.4) is 0 Å². The number of piperazine rings is 1. The van der Waals surface area contributed by atoms with E-state index in [2.05, 4.69) is 4.90 Å². The lowest BCUT2D eigenvalue weighted by Gasteiger charge is -2.36. The largest absolute Gasteiger partial charge is 0.392 e. The van der Waals surface area contributed by atoms with Crippen LogP contribution in [0.25, 0.3) is 0 Å². The van der Waals surface area contributed by atoms with Crippen molar-refractivity contribution in [2.45, 2.75) is 29.7 Å². The standard InChI is InChI=1S/C12H18N2O3S2/c15-8-10-6-12(18-9-10)19(16,17)14-5-4-13-3-1-2-11(13)7-14/h6,9,11,15H,1-5,7-8H2. The summed E-state index contributed by atoms with van der Waals surface area (Å²) in [5, 5.41) is 10.7. The van der Waals surface area contributed by atoms with Crippen LogP contribution in [0.15, 0.2) is 15.7 Å². The monoisotopic (exact) mass is 302 g/mol. The Labute approximate surface area is 117 Å². The minimum Gasteiger partial charge on any atom is -0.392 e. The maximum absolute atomic E-state index is 12.5. The maximum Gasteiger partial charge on any atom is 0.252 e. The van der Waals surface area contributed by atoms with Gasteiger partial charge in [0.15, 0.2) is 0 Å². The second-order valence-electron chi connectivity index (χ2n) is 5.13. The third-order valence-electron chi connectivity index (χ3n) is 3.96. The van der Waals surface area contributed by atoms with Crippen LogP contribution in [0.4, 0.5) is 0 Å². The second-order valence-corrected chi connectivity index (χ2v) is 8.20. The highest BCUT2D eigenvalue weighted by Crippen LogP contribution is 2.28. The van der Waals surface area contributed by atoms with Gasteiger partial charge in [-0.3, -0.25) is 4.90 Å². The summed E-state index contributed by atoms with van der Waals surface area (Å²) >= 11 is 1.20. The molecule has 0 amide bonds. The number of rotatable bonds is 3. The molecule has 3 rings (SSSR count). The van der Waals surface area contributed by atoms with Crippen molar-refractivity contribution in [1.82, 2.24) is 9.21 Å². The molecule has 5 nitrogen and oxygen atoms in total. The maximum atomic E-state index is 12.5. The van der Waals surface area contributed by atoms with Crippen molar-refractivity contribution in [3.63, 3.8) is 0 Å². The van der Waals surface area contributed by atoms with E-state index in [0.717, 1.165) is 19.5 Å². The molecule has 0 radical (unpaired) electrons. The summed E-state index contributed by atoms with van der Waals surface area (Å²) in [4.78, 5) is 2.39. The topological polar surface area (TPSA) is 60.9 Å². The van der Waals surface area contributed by atoms with Gasteiger partial charge in [-0.2, -0.15) is 4.31 Å². The fourth-order valence-corrected chi connectivity index (χ4v) is 5.70. The van der Waals surface area contributed by atoms with Gasteiger partial charge in [0.05, 0.1) is 6.61 Å². The zero-order valence-corrected chi connectivity index (χ0v) is 12.3. The fraction of sp³-hybridized carbons (Fsp3) is 0.667. The van der Waals surface area contributed by atoms with Crippen LogP contribution in [0.5, 0.6) is 0 Å². The summed E-state index contributed by atoms with van der Waals surface area (Å²) in [6, 6.07) is 1.97. The molecule has 3 heterocycles. The van der Waals surface area contributed by atoms with Crippen LogP contribution in [-0.4, -0.2) is 55.0 Å². The molecule has 2 aliphatic rings. The Morgan fingerprint density at radius 3 is 2.95 bits per heavy atom. The lowest BCUT2D eigenvalue weighted by Crippen LogP contribution is -2.51. The van der Waals surface area contributed by atoms with Gasteiger partial charge in [0.25, 0.3) is 10.0 Å². The normalized spacial score (nSPS) is 25.6. The minimum absolute atomic E-state index is 0.109. The number of sulfonamides is 1. The van der Waals surface area contributed by atoms with Crippen molar-refractivity contribution in [2.75, 3.05) is 26.2 Å². The van der Waals surface area contributed by atoms with Gasteiger partial charge in [-0.1, -0.05) is 0 Å². The van der Waals surface area contributed by atoms with Crippen LogP contribution >= 0.6 is 11.3 Å². The predicted molar refractivity (Wildman–Crippen MR) is 73.6 cm³/mol. The number of fused-ring (bicyclic) bond motifs is 1. The van der Waals surface area contributed by atoms with Crippen LogP contribution < -0.4 is 0 Å². The molecule has 0 aliphatic carbocycles. The van der Waals surface area contributed by atoms with E-state index in [1.54, 1.807) is 15.8 Å². The van der Waals surface area contributed by atoms with Gasteiger partial charge in [0.2, 0.25) is 0 Å². The average Bonchev–Trinajstić information content (AvgIpc) is 3.06. The summed E-state index contributed by atoms with van der Waals surface area (Å²) < 4.78 is 27.0. The van der Waals surface area contributed by atoms with Crippen molar-refractivity contribution >= 4 is 21.4 Å². The molecule has 1 unspecified atom stereocenters. The Balaban J connectivity index is 1.80. The first kappa shape index (κ1) is 13.5. The Morgan fingerprint density at radius 2 is 2.21 bits per heavy atom. The van der Waals surface area contributed by atoms with E-state index in [1.165, 1.54) is 17.8 Å². The molecule has 2 aliphatic heterocycles. The first-order valence-electron chi connectivity index (χ1n) is 6.54. The summed E-state index contributed by atoms with van der Waals surface area (Å²) in [6.07, 6.45) is 2.27. The lowest BCUT2D eigenvalue weighted by atomic mass is 10.2. The van der Waals surface area contributed by atoms with Gasteiger partial charge in [0, 0.05) is 25.7 Å². The smallest absolute Gasteiger partial charge is 0.252 e. The lowest BCUT2D eigenvalue weighted by molar-refractivity contribution is 0.158. The van der Waals surface area contributed by atoms with Crippen LogP contribution in [0.2, 0.25) is 0 Å². The number of thiophene rings is 1. The van der Waals surface area contributed by atoms with Crippen LogP contribution in [0.1, 0.15) is 18.4 Å². The molecule has 1 aromatic rings. The van der Waals surface area contributed by atoms with E-state index < -0.39 is 10.0 Å². The molecule has 0 aromatic carbocycles. The van der Waals surface area contributed by atoms with Gasteiger partial charge < -0.3 is 5.11 Å². The van der Waals surface area contributed by atoms with Gasteiger partial charge in [-0.15, -0.1) is 11.3 Å². The van der Waals surface area contributed by atoms with Gasteiger partial charge in [-0.05, 0) is 36.4 Å². The molecule has 7 heteroatoms. The molecule has 0 bridgehead atoms. The molecule has 1 atom stereocenters. The van der Waals surface area contributed by atoms with Crippen molar-refractivity contribution in [3.05, 3.63) is 17.0 Å². The summed E-state index contributed by atoms with van der Waals surface area (Å²) in [6.45, 7) is 3.01. The third-order valence-corrected chi connectivity index (χ3v) is 7.29. The van der Waals surface area contributed by atoms with E-state index in [9.17, 15) is 8.42 Å². The molecule has 1 N–H and O–H groups in total. The SMILES string of the molecule is O=S(=O)(c1cc(CO)cs1)N1CCN2CCCC2C1. The molecular weight excluding hydrogens is 284 g/mol. The fourth-order valence-electron chi connectivity index (χ4n) is 2.88. The molecule has 0 spiro atoms. The van der Waals surface area contributed by atoms with E-state index in [-0.39, 0.29) is 6.61 Å². The number of aliphatic hydroxyl groups is 1. The third kappa shape index (κ3) is 2.45. The first-order chi connectivity index (χ1) is 9.11. The van der Waals surface area contributed by atoms with Crippen molar-refractivity contribution in [2.24, 2.45) is 0 Å². The van der Waals surface area contributed by atoms with E-state index in [0.29, 0.717) is 28.9 Å². The molecule has 0 saturated carbocycles. The quantitative estimate of drug-likeness (QED) is 0.893. The van der Waals surface area contributed by atoms with Crippen LogP contribution in [0, 0.1) is 0 Å². The van der Waals surface area contributed by atoms with Gasteiger partial charge >= 0.3 is 0 Å². The summed E-state index contributed by atoms with van der Waals surface area (Å²) in [7, 11) is -3.38. The Morgan fingerprint density at radius 1 is 1.37 bits per heavy atom. The molecule has 106 valence electrons. The highest BCUT2D eigenvalue weighted by Gasteiger charge is 2.36. The molecular formula is C12H18N2O3S2. The second kappa shape index (κ2) is 5.14. The highest BCUT2D eigenvalue weighted by molar-refractivity contribution is 7.91. The first-order valence-corrected chi connectivity index (χ1v) is 8.85. The number of hydrogen-bond acceptors (Lipinski definition) is 5. The number of nitrogens with zero attached hydrogens (tertiary/aromatic N) is 2. The van der Waals surface area contributed by atoms with Gasteiger partial charge in [-0.25, -0.2) is 8.42 Å². The number of hydrogen-bond donors (Lipinski definition) is 1. The van der Waals surface area contributed by atoms with E-state index >= 15 is 0 Å².